The Morgan fingerprint density at radius 1 is 0.263 bits per heavy atom. The first-order valence-electron chi connectivity index (χ1n) is 19.5. The van der Waals surface area contributed by atoms with Gasteiger partial charge in [-0.05, 0) is 101 Å². The van der Waals surface area contributed by atoms with Crippen molar-refractivity contribution in [1.29, 1.82) is 0 Å². The number of rotatable bonds is 7. The lowest BCUT2D eigenvalue weighted by Crippen LogP contribution is -2.09. The Morgan fingerprint density at radius 3 is 1.32 bits per heavy atom. The second-order valence-electron chi connectivity index (χ2n) is 14.6. The van der Waals surface area contributed by atoms with Crippen molar-refractivity contribution in [3.05, 3.63) is 224 Å². The van der Waals surface area contributed by atoms with E-state index >= 15 is 0 Å². The van der Waals surface area contributed by atoms with Gasteiger partial charge in [-0.25, -0.2) is 0 Å². The van der Waals surface area contributed by atoms with Gasteiger partial charge in [0.2, 0.25) is 0 Å². The maximum absolute atomic E-state index is 2.46. The molecule has 0 N–H and O–H groups in total. The quantitative estimate of drug-likeness (QED) is 0.159. The van der Waals surface area contributed by atoms with Crippen LogP contribution >= 0.6 is 0 Å². The lowest BCUT2D eigenvalue weighted by atomic mass is 10.0. The van der Waals surface area contributed by atoms with Crippen LogP contribution < -0.4 is 4.90 Å². The van der Waals surface area contributed by atoms with Crippen LogP contribution in [-0.4, -0.2) is 9.13 Å². The van der Waals surface area contributed by atoms with E-state index in [1.54, 1.807) is 0 Å². The predicted octanol–water partition coefficient (Wildman–Crippen LogP) is 14.7. The van der Waals surface area contributed by atoms with Crippen LogP contribution in [0.25, 0.3) is 77.2 Å². The molecule has 0 unspecified atom stereocenters. The van der Waals surface area contributed by atoms with Gasteiger partial charge in [0.1, 0.15) is 0 Å². The molecule has 0 atom stereocenters. The van der Waals surface area contributed by atoms with Crippen molar-refractivity contribution in [3.8, 4) is 33.6 Å². The number of aromatic nitrogens is 2. The molecule has 11 rings (SSSR count). The zero-order valence-corrected chi connectivity index (χ0v) is 31.2. The molecule has 268 valence electrons. The molecular formula is C54H37N3. The summed E-state index contributed by atoms with van der Waals surface area (Å²) < 4.78 is 4.86. The highest BCUT2D eigenvalue weighted by atomic mass is 15.1. The minimum absolute atomic E-state index is 1.11. The third-order valence-corrected chi connectivity index (χ3v) is 11.3. The van der Waals surface area contributed by atoms with Crippen molar-refractivity contribution in [2.75, 3.05) is 4.90 Å². The van der Waals surface area contributed by atoms with Gasteiger partial charge in [-0.1, -0.05) is 146 Å². The van der Waals surface area contributed by atoms with Gasteiger partial charge < -0.3 is 14.0 Å². The fourth-order valence-corrected chi connectivity index (χ4v) is 8.70. The van der Waals surface area contributed by atoms with Crippen molar-refractivity contribution >= 4 is 60.7 Å². The van der Waals surface area contributed by atoms with Gasteiger partial charge in [-0.3, -0.25) is 0 Å². The molecule has 0 aliphatic carbocycles. The summed E-state index contributed by atoms with van der Waals surface area (Å²) in [4.78, 5) is 2.32. The standard InChI is InChI=1S/C54H37N3/c1-4-14-38(15-5-1)39-24-30-44(31-25-39)55(42-16-6-2-7-17-42)45-32-26-40(27-33-45)41-28-34-46(35-29-41)57-50-22-12-10-20-47(50)48-36-37-52-53(54(48)57)49-21-11-13-23-51(49)56(52)43-18-8-3-9-19-43/h1-37H. The Kier molecular flexibility index (Phi) is 7.82. The summed E-state index contributed by atoms with van der Waals surface area (Å²) in [5.74, 6) is 0. The Hall–Kier alpha value is -7.62. The van der Waals surface area contributed by atoms with Gasteiger partial charge in [-0.15, -0.1) is 0 Å². The molecule has 0 saturated heterocycles. The van der Waals surface area contributed by atoms with Crippen molar-refractivity contribution < 1.29 is 0 Å². The molecule has 2 heterocycles. The molecule has 0 radical (unpaired) electrons. The first kappa shape index (κ1) is 32.8. The molecule has 0 aliphatic heterocycles. The number of hydrogen-bond acceptors (Lipinski definition) is 1. The molecule has 0 spiro atoms. The normalized spacial score (nSPS) is 11.5. The molecule has 3 nitrogen and oxygen atoms in total. The predicted molar refractivity (Wildman–Crippen MR) is 241 cm³/mol. The minimum Gasteiger partial charge on any atom is -0.311 e. The van der Waals surface area contributed by atoms with E-state index in [4.69, 9.17) is 0 Å². The number of fused-ring (bicyclic) bond motifs is 7. The Bertz CT molecular complexity index is 3180. The molecule has 11 aromatic rings. The van der Waals surface area contributed by atoms with Crippen LogP contribution in [0.4, 0.5) is 17.1 Å². The molecule has 0 aliphatic rings. The topological polar surface area (TPSA) is 13.1 Å². The van der Waals surface area contributed by atoms with E-state index in [1.807, 2.05) is 0 Å². The lowest BCUT2D eigenvalue weighted by Gasteiger charge is -2.26. The number of hydrogen-bond donors (Lipinski definition) is 0. The van der Waals surface area contributed by atoms with Gasteiger partial charge in [0, 0.05) is 50.0 Å². The third kappa shape index (κ3) is 5.51. The number of anilines is 3. The maximum Gasteiger partial charge on any atom is 0.0641 e. The lowest BCUT2D eigenvalue weighted by molar-refractivity contribution is 1.17. The fourth-order valence-electron chi connectivity index (χ4n) is 8.70. The van der Waals surface area contributed by atoms with Crippen molar-refractivity contribution in [2.24, 2.45) is 0 Å². The Morgan fingerprint density at radius 2 is 0.702 bits per heavy atom. The van der Waals surface area contributed by atoms with Gasteiger partial charge in [0.25, 0.3) is 0 Å². The molecular weight excluding hydrogens is 691 g/mol. The minimum atomic E-state index is 1.11. The van der Waals surface area contributed by atoms with E-state index in [9.17, 15) is 0 Å². The largest absolute Gasteiger partial charge is 0.311 e. The average Bonchev–Trinajstić information content (AvgIpc) is 3.81. The van der Waals surface area contributed by atoms with Crippen molar-refractivity contribution in [2.45, 2.75) is 0 Å². The third-order valence-electron chi connectivity index (χ3n) is 11.3. The average molecular weight is 728 g/mol. The highest BCUT2D eigenvalue weighted by Gasteiger charge is 2.21. The molecule has 57 heavy (non-hydrogen) atoms. The van der Waals surface area contributed by atoms with Gasteiger partial charge in [0.15, 0.2) is 0 Å². The summed E-state index contributed by atoms with van der Waals surface area (Å²) in [5, 5.41) is 5.02. The molecule has 0 bridgehead atoms. The van der Waals surface area contributed by atoms with E-state index in [0.717, 1.165) is 28.4 Å². The maximum atomic E-state index is 2.46. The molecule has 9 aromatic carbocycles. The number of nitrogens with zero attached hydrogens (tertiary/aromatic N) is 3. The first-order valence-corrected chi connectivity index (χ1v) is 19.5. The van der Waals surface area contributed by atoms with E-state index < -0.39 is 0 Å². The Labute approximate surface area is 331 Å². The van der Waals surface area contributed by atoms with Gasteiger partial charge in [-0.2, -0.15) is 0 Å². The van der Waals surface area contributed by atoms with Crippen molar-refractivity contribution in [1.82, 2.24) is 9.13 Å². The van der Waals surface area contributed by atoms with Crippen LogP contribution in [0.3, 0.4) is 0 Å². The van der Waals surface area contributed by atoms with Crippen molar-refractivity contribution in [3.63, 3.8) is 0 Å². The van der Waals surface area contributed by atoms with Crippen LogP contribution in [0.2, 0.25) is 0 Å². The summed E-state index contributed by atoms with van der Waals surface area (Å²) in [6.07, 6.45) is 0. The summed E-state index contributed by atoms with van der Waals surface area (Å²) in [6.45, 7) is 0. The summed E-state index contributed by atoms with van der Waals surface area (Å²) >= 11 is 0. The monoisotopic (exact) mass is 727 g/mol. The molecule has 0 fully saturated rings. The fraction of sp³-hybridized carbons (Fsp3) is 0. The second kappa shape index (κ2) is 13.6. The van der Waals surface area contributed by atoms with E-state index in [2.05, 4.69) is 238 Å². The molecule has 0 amide bonds. The van der Waals surface area contributed by atoms with Crippen LogP contribution in [0.5, 0.6) is 0 Å². The zero-order chi connectivity index (χ0) is 37.7. The molecule has 3 heteroatoms. The zero-order valence-electron chi connectivity index (χ0n) is 31.2. The molecule has 2 aromatic heterocycles. The van der Waals surface area contributed by atoms with Gasteiger partial charge in [0.05, 0.1) is 22.1 Å². The smallest absolute Gasteiger partial charge is 0.0641 e. The van der Waals surface area contributed by atoms with Gasteiger partial charge >= 0.3 is 0 Å². The summed E-state index contributed by atoms with van der Waals surface area (Å²) in [6, 6.07) is 80.9. The van der Waals surface area contributed by atoms with E-state index in [-0.39, 0.29) is 0 Å². The Balaban J connectivity index is 0.995. The van der Waals surface area contributed by atoms with Crippen LogP contribution in [0.1, 0.15) is 0 Å². The highest BCUT2D eigenvalue weighted by molar-refractivity contribution is 6.26. The van der Waals surface area contributed by atoms with Crippen LogP contribution in [0, 0.1) is 0 Å². The number of para-hydroxylation sites is 4. The van der Waals surface area contributed by atoms with Crippen LogP contribution in [0.15, 0.2) is 224 Å². The molecule has 0 saturated carbocycles. The number of benzene rings is 9. The highest BCUT2D eigenvalue weighted by Crippen LogP contribution is 2.42. The van der Waals surface area contributed by atoms with Crippen LogP contribution in [-0.2, 0) is 0 Å². The summed E-state index contributed by atoms with van der Waals surface area (Å²) in [7, 11) is 0. The van der Waals surface area contributed by atoms with E-state index in [1.165, 1.54) is 65.9 Å². The SMILES string of the molecule is c1ccc(-c2ccc(N(c3ccccc3)c3ccc(-c4ccc(-n5c6ccccc6c6ccc7c(c8ccccc8n7-c7ccccc7)c65)cc4)cc3)cc2)cc1. The first-order chi connectivity index (χ1) is 28.3. The van der Waals surface area contributed by atoms with E-state index in [0.29, 0.717) is 0 Å². The summed E-state index contributed by atoms with van der Waals surface area (Å²) in [5.41, 5.74) is 15.3. The second-order valence-corrected chi connectivity index (χ2v) is 14.6.